The van der Waals surface area contributed by atoms with Gasteiger partial charge in [-0.3, -0.25) is 10.1 Å². The first kappa shape index (κ1) is 23.4. The molecule has 0 radical (unpaired) electrons. The minimum absolute atomic E-state index is 0.0574. The number of alkyl halides is 3. The quantitative estimate of drug-likeness (QED) is 0.394. The van der Waals surface area contributed by atoms with Crippen LogP contribution in [0, 0.1) is 5.82 Å². The van der Waals surface area contributed by atoms with Gasteiger partial charge in [-0.15, -0.1) is 0 Å². The molecule has 32 heavy (non-hydrogen) atoms. The summed E-state index contributed by atoms with van der Waals surface area (Å²) in [5.74, 6) is -1.92. The lowest BCUT2D eigenvalue weighted by Gasteiger charge is -2.12. The number of anilines is 1. The van der Waals surface area contributed by atoms with Crippen molar-refractivity contribution in [2.24, 2.45) is 0 Å². The van der Waals surface area contributed by atoms with E-state index in [1.54, 1.807) is 12.1 Å². The summed E-state index contributed by atoms with van der Waals surface area (Å²) in [6.07, 6.45) is -4.57. The zero-order valence-corrected chi connectivity index (χ0v) is 17.3. The summed E-state index contributed by atoms with van der Waals surface area (Å²) in [5.41, 5.74) is -1.18. The normalized spacial score (nSPS) is 11.1. The first-order valence-electron chi connectivity index (χ1n) is 8.75. The molecule has 5 nitrogen and oxygen atoms in total. The molecule has 0 saturated heterocycles. The van der Waals surface area contributed by atoms with E-state index >= 15 is 0 Å². The summed E-state index contributed by atoms with van der Waals surface area (Å²) in [6, 6.07) is 10.8. The number of carbonyl (C=O) groups is 2. The van der Waals surface area contributed by atoms with E-state index in [4.69, 9.17) is 27.9 Å². The topological polar surface area (TPSA) is 67.4 Å². The first-order valence-corrected chi connectivity index (χ1v) is 9.51. The molecule has 3 aromatic carbocycles. The number of urea groups is 1. The van der Waals surface area contributed by atoms with Crippen molar-refractivity contribution in [2.45, 2.75) is 6.18 Å². The summed E-state index contributed by atoms with van der Waals surface area (Å²) >= 11 is 11.7. The van der Waals surface area contributed by atoms with Gasteiger partial charge < -0.3 is 10.1 Å². The third-order valence-corrected chi connectivity index (χ3v) is 4.65. The van der Waals surface area contributed by atoms with Gasteiger partial charge in [0.2, 0.25) is 0 Å². The van der Waals surface area contributed by atoms with Crippen molar-refractivity contribution in [3.8, 4) is 11.5 Å². The maximum atomic E-state index is 14.3. The zero-order valence-electron chi connectivity index (χ0n) is 15.8. The standard InChI is InChI=1S/C21H12Cl2F4N2O3/c22-14-4-2-1-3-13(14)19(30)29-20(31)28-17-7-6-12(10-16(17)24)32-18-8-5-11(9-15(18)23)21(25,26)27/h1-10H,(H2,28,29,30,31). The molecule has 0 unspecified atom stereocenters. The van der Waals surface area contributed by atoms with Crippen LogP contribution in [-0.2, 0) is 6.18 Å². The van der Waals surface area contributed by atoms with Crippen molar-refractivity contribution in [3.05, 3.63) is 87.7 Å². The molecule has 3 amide bonds. The number of hydrogen-bond acceptors (Lipinski definition) is 3. The Morgan fingerprint density at radius 1 is 0.906 bits per heavy atom. The van der Waals surface area contributed by atoms with Crippen LogP contribution in [0.15, 0.2) is 60.7 Å². The number of amides is 3. The lowest BCUT2D eigenvalue weighted by atomic mass is 10.2. The third-order valence-electron chi connectivity index (χ3n) is 4.02. The van der Waals surface area contributed by atoms with Gasteiger partial charge in [-0.2, -0.15) is 13.2 Å². The van der Waals surface area contributed by atoms with Gasteiger partial charge in [-0.1, -0.05) is 35.3 Å². The minimum atomic E-state index is -4.57. The molecule has 0 bridgehead atoms. The Morgan fingerprint density at radius 2 is 1.62 bits per heavy atom. The van der Waals surface area contributed by atoms with Crippen LogP contribution in [0.4, 0.5) is 28.0 Å². The fraction of sp³-hybridized carbons (Fsp3) is 0.0476. The molecule has 0 aliphatic carbocycles. The SMILES string of the molecule is O=C(NC(=O)c1ccccc1Cl)Nc1ccc(Oc2ccc(C(F)(F)F)cc2Cl)cc1F. The van der Waals surface area contributed by atoms with Crippen LogP contribution >= 0.6 is 23.2 Å². The number of imide groups is 1. The number of halogens is 6. The lowest BCUT2D eigenvalue weighted by molar-refractivity contribution is -0.137. The van der Waals surface area contributed by atoms with Crippen molar-refractivity contribution < 1.29 is 31.9 Å². The maximum Gasteiger partial charge on any atom is 0.416 e. The third kappa shape index (κ3) is 5.68. The number of rotatable bonds is 4. The van der Waals surface area contributed by atoms with Gasteiger partial charge >= 0.3 is 12.2 Å². The van der Waals surface area contributed by atoms with Crippen molar-refractivity contribution in [1.29, 1.82) is 0 Å². The highest BCUT2D eigenvalue weighted by molar-refractivity contribution is 6.34. The Kier molecular flexibility index (Phi) is 6.90. The van der Waals surface area contributed by atoms with E-state index in [0.29, 0.717) is 6.07 Å². The van der Waals surface area contributed by atoms with Gasteiger partial charge in [0.25, 0.3) is 5.91 Å². The van der Waals surface area contributed by atoms with E-state index < -0.39 is 29.5 Å². The molecule has 0 aromatic heterocycles. The highest BCUT2D eigenvalue weighted by atomic mass is 35.5. The van der Waals surface area contributed by atoms with Gasteiger partial charge in [-0.05, 0) is 42.5 Å². The molecule has 2 N–H and O–H groups in total. The van der Waals surface area contributed by atoms with Gasteiger partial charge in [0.15, 0.2) is 0 Å². The average Bonchev–Trinajstić information content (AvgIpc) is 2.71. The van der Waals surface area contributed by atoms with Crippen molar-refractivity contribution in [1.82, 2.24) is 5.32 Å². The first-order chi connectivity index (χ1) is 15.0. The molecule has 0 atom stereocenters. The molecule has 0 saturated carbocycles. The molecule has 0 fully saturated rings. The molecular formula is C21H12Cl2F4N2O3. The monoisotopic (exact) mass is 486 g/mol. The smallest absolute Gasteiger partial charge is 0.416 e. The van der Waals surface area contributed by atoms with E-state index in [0.717, 1.165) is 24.3 Å². The second kappa shape index (κ2) is 9.46. The molecule has 0 aliphatic heterocycles. The van der Waals surface area contributed by atoms with Gasteiger partial charge in [0.1, 0.15) is 17.3 Å². The van der Waals surface area contributed by atoms with E-state index in [-0.39, 0.29) is 32.8 Å². The fourth-order valence-electron chi connectivity index (χ4n) is 2.52. The minimum Gasteiger partial charge on any atom is -0.456 e. The maximum absolute atomic E-state index is 14.3. The van der Waals surface area contributed by atoms with Crippen LogP contribution in [0.3, 0.4) is 0 Å². The van der Waals surface area contributed by atoms with Crippen LogP contribution in [0.25, 0.3) is 0 Å². The van der Waals surface area contributed by atoms with E-state index in [2.05, 4.69) is 5.32 Å². The highest BCUT2D eigenvalue weighted by Gasteiger charge is 2.31. The van der Waals surface area contributed by atoms with Crippen molar-refractivity contribution in [3.63, 3.8) is 0 Å². The lowest BCUT2D eigenvalue weighted by Crippen LogP contribution is -2.34. The van der Waals surface area contributed by atoms with E-state index in [1.165, 1.54) is 18.2 Å². The Labute approximate surface area is 188 Å². The van der Waals surface area contributed by atoms with Crippen molar-refractivity contribution in [2.75, 3.05) is 5.32 Å². The molecular weight excluding hydrogens is 475 g/mol. The fourth-order valence-corrected chi connectivity index (χ4v) is 2.96. The molecule has 0 spiro atoms. The van der Waals surface area contributed by atoms with Crippen molar-refractivity contribution >= 4 is 40.8 Å². The summed E-state index contributed by atoms with van der Waals surface area (Å²) in [7, 11) is 0. The predicted octanol–water partition coefficient (Wildman–Crippen LogP) is 6.91. The molecule has 3 aromatic rings. The number of ether oxygens (including phenoxy) is 1. The number of carbonyl (C=O) groups excluding carboxylic acids is 2. The van der Waals surface area contributed by atoms with Crippen LogP contribution in [-0.4, -0.2) is 11.9 Å². The second-order valence-electron chi connectivity index (χ2n) is 6.27. The second-order valence-corrected chi connectivity index (χ2v) is 7.09. The van der Waals surface area contributed by atoms with E-state index in [9.17, 15) is 27.2 Å². The number of hydrogen-bond donors (Lipinski definition) is 2. The Hall–Kier alpha value is -3.30. The highest BCUT2D eigenvalue weighted by Crippen LogP contribution is 2.36. The van der Waals surface area contributed by atoms with Gasteiger partial charge in [-0.25, -0.2) is 9.18 Å². The molecule has 11 heteroatoms. The summed E-state index contributed by atoms with van der Waals surface area (Å²) in [4.78, 5) is 24.1. The summed E-state index contributed by atoms with van der Waals surface area (Å²) in [5, 5.41) is 3.99. The molecule has 0 heterocycles. The van der Waals surface area contributed by atoms with Crippen LogP contribution in [0.1, 0.15) is 15.9 Å². The molecule has 0 aliphatic rings. The van der Waals surface area contributed by atoms with E-state index in [1.807, 2.05) is 5.32 Å². The number of benzene rings is 3. The van der Waals surface area contributed by atoms with Crippen LogP contribution in [0.5, 0.6) is 11.5 Å². The van der Waals surface area contributed by atoms with Gasteiger partial charge in [0.05, 0.1) is 26.9 Å². The largest absolute Gasteiger partial charge is 0.456 e. The molecule has 3 rings (SSSR count). The Balaban J connectivity index is 1.67. The van der Waals surface area contributed by atoms with Gasteiger partial charge in [0, 0.05) is 6.07 Å². The molecule has 166 valence electrons. The Morgan fingerprint density at radius 3 is 2.25 bits per heavy atom. The van der Waals surface area contributed by atoms with Crippen LogP contribution < -0.4 is 15.4 Å². The summed E-state index contributed by atoms with van der Waals surface area (Å²) < 4.78 is 57.8. The average molecular weight is 487 g/mol. The predicted molar refractivity (Wildman–Crippen MR) is 111 cm³/mol. The van der Waals surface area contributed by atoms with Crippen LogP contribution in [0.2, 0.25) is 10.0 Å². The Bertz CT molecular complexity index is 1190. The number of nitrogens with one attached hydrogen (secondary N) is 2. The zero-order chi connectivity index (χ0) is 23.5. The summed E-state index contributed by atoms with van der Waals surface area (Å²) in [6.45, 7) is 0.